The van der Waals surface area contributed by atoms with E-state index in [9.17, 15) is 9.18 Å². The summed E-state index contributed by atoms with van der Waals surface area (Å²) in [6.45, 7) is 3.79. The molecule has 1 aromatic carbocycles. The summed E-state index contributed by atoms with van der Waals surface area (Å²) in [6.07, 6.45) is 0. The minimum absolute atomic E-state index is 0.0738. The Bertz CT molecular complexity index is 930. The van der Waals surface area contributed by atoms with Gasteiger partial charge in [0.15, 0.2) is 0 Å². The minimum atomic E-state index is -0.496. The van der Waals surface area contributed by atoms with Gasteiger partial charge in [-0.3, -0.25) is 4.79 Å². The Kier molecular flexibility index (Phi) is 4.81. The summed E-state index contributed by atoms with van der Waals surface area (Å²) in [6, 6.07) is 6.36. The van der Waals surface area contributed by atoms with Crippen LogP contribution in [0.15, 0.2) is 33.9 Å². The van der Waals surface area contributed by atoms with Crippen LogP contribution in [0.25, 0.3) is 5.78 Å². The summed E-state index contributed by atoms with van der Waals surface area (Å²) in [4.78, 5) is 20.6. The van der Waals surface area contributed by atoms with Gasteiger partial charge in [-0.25, -0.2) is 13.9 Å². The molecule has 2 aromatic heterocycles. The van der Waals surface area contributed by atoms with Crippen LogP contribution in [0, 0.1) is 19.7 Å². The zero-order chi connectivity index (χ0) is 17.3. The van der Waals surface area contributed by atoms with Gasteiger partial charge >= 0.3 is 0 Å². The number of carbonyl (C=O) groups excluding carboxylic acids is 1. The molecule has 0 aliphatic heterocycles. The second-order valence-electron chi connectivity index (χ2n) is 5.11. The maximum atomic E-state index is 13.7. The van der Waals surface area contributed by atoms with Crippen LogP contribution in [-0.2, 0) is 4.79 Å². The second-order valence-corrected chi connectivity index (χ2v) is 6.96. The first-order chi connectivity index (χ1) is 11.4. The predicted octanol–water partition coefficient (Wildman–Crippen LogP) is 3.37. The first-order valence-electron chi connectivity index (χ1n) is 7.01. The van der Waals surface area contributed by atoms with E-state index in [0.29, 0.717) is 15.4 Å². The first kappa shape index (κ1) is 16.8. The Morgan fingerprint density at radius 2 is 2.12 bits per heavy atom. The van der Waals surface area contributed by atoms with Crippen LogP contribution in [0.5, 0.6) is 0 Å². The van der Waals surface area contributed by atoms with Gasteiger partial charge in [0.25, 0.3) is 5.78 Å². The van der Waals surface area contributed by atoms with Crippen molar-refractivity contribution in [2.24, 2.45) is 0 Å². The smallest absolute Gasteiger partial charge is 0.253 e. The lowest BCUT2D eigenvalue weighted by molar-refractivity contribution is -0.113. The van der Waals surface area contributed by atoms with Crippen LogP contribution in [-0.4, -0.2) is 31.2 Å². The van der Waals surface area contributed by atoms with Crippen LogP contribution in [0.1, 0.15) is 11.4 Å². The van der Waals surface area contributed by atoms with Gasteiger partial charge < -0.3 is 5.32 Å². The van der Waals surface area contributed by atoms with Gasteiger partial charge in [-0.05, 0) is 38.1 Å². The van der Waals surface area contributed by atoms with E-state index in [1.807, 2.05) is 19.9 Å². The molecule has 9 heteroatoms. The molecule has 0 aliphatic carbocycles. The molecule has 0 unspecified atom stereocenters. The van der Waals surface area contributed by atoms with Crippen molar-refractivity contribution >= 4 is 45.1 Å². The first-order valence-corrected chi connectivity index (χ1v) is 8.79. The highest BCUT2D eigenvalue weighted by Crippen LogP contribution is 2.20. The number of halogens is 2. The summed E-state index contributed by atoms with van der Waals surface area (Å²) in [5.74, 6) is -0.260. The number of hydrogen-bond donors (Lipinski definition) is 1. The molecule has 0 fully saturated rings. The fourth-order valence-electron chi connectivity index (χ4n) is 2.12. The molecule has 0 atom stereocenters. The highest BCUT2D eigenvalue weighted by Gasteiger charge is 2.12. The number of anilines is 1. The lowest BCUT2D eigenvalue weighted by Gasteiger charge is -2.05. The predicted molar refractivity (Wildman–Crippen MR) is 93.7 cm³/mol. The summed E-state index contributed by atoms with van der Waals surface area (Å²) in [5, 5.41) is 7.28. The number of aromatic nitrogens is 4. The molecular formula is C15H13BrFN5OS. The Balaban J connectivity index is 1.67. The van der Waals surface area contributed by atoms with Gasteiger partial charge in [0.05, 0.1) is 11.4 Å². The highest BCUT2D eigenvalue weighted by atomic mass is 79.9. The second kappa shape index (κ2) is 6.86. The highest BCUT2D eigenvalue weighted by molar-refractivity contribution is 9.10. The largest absolute Gasteiger partial charge is 0.323 e. The van der Waals surface area contributed by atoms with E-state index in [1.54, 1.807) is 10.6 Å². The number of thioether (sulfide) groups is 1. The van der Waals surface area contributed by atoms with Gasteiger partial charge in [-0.2, -0.15) is 4.98 Å². The number of carbonyl (C=O) groups is 1. The summed E-state index contributed by atoms with van der Waals surface area (Å²) < 4.78 is 15.9. The van der Waals surface area contributed by atoms with Crippen molar-refractivity contribution in [2.75, 3.05) is 11.1 Å². The van der Waals surface area contributed by atoms with Crippen molar-refractivity contribution in [3.05, 3.63) is 45.9 Å². The van der Waals surface area contributed by atoms with Crippen LogP contribution in [0.4, 0.5) is 10.1 Å². The van der Waals surface area contributed by atoms with E-state index in [2.05, 4.69) is 36.3 Å². The number of rotatable bonds is 4. The molecule has 2 heterocycles. The Morgan fingerprint density at radius 1 is 1.33 bits per heavy atom. The van der Waals surface area contributed by atoms with E-state index in [-0.39, 0.29) is 17.3 Å². The number of nitrogens with one attached hydrogen (secondary N) is 1. The van der Waals surface area contributed by atoms with Crippen molar-refractivity contribution in [1.82, 2.24) is 19.6 Å². The Morgan fingerprint density at radius 3 is 2.88 bits per heavy atom. The molecule has 0 spiro atoms. The number of nitrogens with zero attached hydrogens (tertiary/aromatic N) is 4. The standard InChI is InChI=1S/C15H13BrFN5OS/c1-8-5-9(2)22-14(18-8)20-15(21-22)24-7-13(23)19-12-4-3-10(16)6-11(12)17/h3-6H,7H2,1-2H3,(H,19,23). The minimum Gasteiger partial charge on any atom is -0.323 e. The maximum absolute atomic E-state index is 13.7. The molecule has 3 rings (SSSR count). The van der Waals surface area contributed by atoms with E-state index in [1.165, 1.54) is 23.9 Å². The van der Waals surface area contributed by atoms with E-state index in [4.69, 9.17) is 0 Å². The van der Waals surface area contributed by atoms with E-state index < -0.39 is 5.82 Å². The van der Waals surface area contributed by atoms with Crippen molar-refractivity contribution in [3.8, 4) is 0 Å². The fraction of sp³-hybridized carbons (Fsp3) is 0.200. The van der Waals surface area contributed by atoms with E-state index >= 15 is 0 Å². The van der Waals surface area contributed by atoms with Crippen LogP contribution < -0.4 is 5.32 Å². The average Bonchev–Trinajstić information content (AvgIpc) is 2.91. The summed E-state index contributed by atoms with van der Waals surface area (Å²) in [7, 11) is 0. The van der Waals surface area contributed by atoms with E-state index in [0.717, 1.165) is 11.4 Å². The molecule has 0 saturated heterocycles. The SMILES string of the molecule is Cc1cc(C)n2nc(SCC(=O)Nc3ccc(Br)cc3F)nc2n1. The lowest BCUT2D eigenvalue weighted by Crippen LogP contribution is -2.15. The van der Waals surface area contributed by atoms with Crippen molar-refractivity contribution in [2.45, 2.75) is 19.0 Å². The van der Waals surface area contributed by atoms with Gasteiger partial charge in [0.2, 0.25) is 11.1 Å². The van der Waals surface area contributed by atoms with Crippen LogP contribution in [0.2, 0.25) is 0 Å². The molecule has 0 bridgehead atoms. The molecule has 0 aliphatic rings. The van der Waals surface area contributed by atoms with Crippen LogP contribution in [0.3, 0.4) is 0 Å². The van der Waals surface area contributed by atoms with Gasteiger partial charge in [-0.1, -0.05) is 27.7 Å². The molecule has 6 nitrogen and oxygen atoms in total. The molecular weight excluding hydrogens is 397 g/mol. The Hall–Kier alpha value is -2.00. The van der Waals surface area contributed by atoms with Crippen molar-refractivity contribution < 1.29 is 9.18 Å². The molecule has 3 aromatic rings. The van der Waals surface area contributed by atoms with Crippen LogP contribution >= 0.6 is 27.7 Å². The van der Waals surface area contributed by atoms with Gasteiger partial charge in [0, 0.05) is 15.9 Å². The molecule has 0 saturated carbocycles. The number of benzene rings is 1. The third kappa shape index (κ3) is 3.73. The quantitative estimate of drug-likeness (QED) is 0.668. The van der Waals surface area contributed by atoms with Crippen molar-refractivity contribution in [1.29, 1.82) is 0 Å². The molecule has 24 heavy (non-hydrogen) atoms. The molecule has 124 valence electrons. The fourth-order valence-corrected chi connectivity index (χ4v) is 3.07. The molecule has 1 N–H and O–H groups in total. The third-order valence-corrected chi connectivity index (χ3v) is 4.47. The molecule has 0 radical (unpaired) electrons. The average molecular weight is 410 g/mol. The van der Waals surface area contributed by atoms with Crippen molar-refractivity contribution in [3.63, 3.8) is 0 Å². The topological polar surface area (TPSA) is 72.2 Å². The number of amides is 1. The summed E-state index contributed by atoms with van der Waals surface area (Å²) >= 11 is 4.34. The monoisotopic (exact) mass is 409 g/mol. The number of fused-ring (bicyclic) bond motifs is 1. The lowest BCUT2D eigenvalue weighted by atomic mass is 10.3. The zero-order valence-corrected chi connectivity index (χ0v) is 15.3. The maximum Gasteiger partial charge on any atom is 0.253 e. The number of hydrogen-bond acceptors (Lipinski definition) is 5. The Labute approximate surface area is 150 Å². The third-order valence-electron chi connectivity index (χ3n) is 3.14. The summed E-state index contributed by atoms with van der Waals surface area (Å²) in [5.41, 5.74) is 1.91. The molecule has 1 amide bonds. The zero-order valence-electron chi connectivity index (χ0n) is 12.9. The normalized spacial score (nSPS) is 11.0. The van der Waals surface area contributed by atoms with Gasteiger partial charge in [0.1, 0.15) is 5.82 Å². The van der Waals surface area contributed by atoms with Gasteiger partial charge in [-0.15, -0.1) is 5.10 Å². The number of aryl methyl sites for hydroxylation is 2.